The predicted octanol–water partition coefficient (Wildman–Crippen LogP) is 2.38. The van der Waals surface area contributed by atoms with Gasteiger partial charge in [-0.2, -0.15) is 0 Å². The molecule has 0 bridgehead atoms. The van der Waals surface area contributed by atoms with Gasteiger partial charge in [-0.1, -0.05) is 41.5 Å². The third-order valence-corrected chi connectivity index (χ3v) is 4.38. The highest BCUT2D eigenvalue weighted by Gasteiger charge is 2.64. The van der Waals surface area contributed by atoms with Gasteiger partial charge >= 0.3 is 0 Å². The Labute approximate surface area is 95.0 Å². The molecule has 0 spiro atoms. The van der Waals surface area contributed by atoms with Gasteiger partial charge in [-0.15, -0.1) is 0 Å². The fourth-order valence-electron chi connectivity index (χ4n) is 2.66. The molecule has 1 unspecified atom stereocenters. The average molecular weight is 212 g/mol. The summed E-state index contributed by atoms with van der Waals surface area (Å²) in [4.78, 5) is 0. The van der Waals surface area contributed by atoms with E-state index in [9.17, 15) is 0 Å². The van der Waals surface area contributed by atoms with E-state index in [1.54, 1.807) is 0 Å². The highest BCUT2D eigenvalue weighted by Crippen LogP contribution is 2.62. The van der Waals surface area contributed by atoms with Crippen molar-refractivity contribution in [2.24, 2.45) is 22.5 Å². The van der Waals surface area contributed by atoms with Gasteiger partial charge in [-0.25, -0.2) is 0 Å². The number of nitrogens with two attached hydrogens (primary N) is 1. The Hall–Kier alpha value is -0.0800. The second kappa shape index (κ2) is 4.06. The maximum atomic E-state index is 6.07. The van der Waals surface area contributed by atoms with Crippen molar-refractivity contribution >= 4 is 0 Å². The third kappa shape index (κ3) is 2.54. The van der Waals surface area contributed by atoms with E-state index in [1.807, 2.05) is 0 Å². The van der Waals surface area contributed by atoms with Crippen molar-refractivity contribution < 1.29 is 0 Å². The first-order chi connectivity index (χ1) is 6.69. The van der Waals surface area contributed by atoms with Crippen LogP contribution in [0, 0.1) is 16.7 Å². The third-order valence-electron chi connectivity index (χ3n) is 4.38. The molecule has 3 N–H and O–H groups in total. The van der Waals surface area contributed by atoms with Crippen molar-refractivity contribution in [3.05, 3.63) is 0 Å². The molecule has 2 nitrogen and oxygen atoms in total. The number of hydrogen-bond donors (Lipinski definition) is 2. The average Bonchev–Trinajstić information content (AvgIpc) is 2.38. The molecule has 1 aliphatic rings. The number of hydrogen-bond acceptors (Lipinski definition) is 2. The van der Waals surface area contributed by atoms with Crippen LogP contribution in [0.15, 0.2) is 0 Å². The Balaban J connectivity index is 2.28. The molecule has 15 heavy (non-hydrogen) atoms. The number of rotatable bonds is 5. The van der Waals surface area contributed by atoms with Gasteiger partial charge in [0.2, 0.25) is 0 Å². The summed E-state index contributed by atoms with van der Waals surface area (Å²) in [7, 11) is 0. The van der Waals surface area contributed by atoms with Crippen LogP contribution in [0.3, 0.4) is 0 Å². The lowest BCUT2D eigenvalue weighted by molar-refractivity contribution is 0.448. The van der Waals surface area contributed by atoms with E-state index in [1.165, 1.54) is 0 Å². The Morgan fingerprint density at radius 1 is 1.13 bits per heavy atom. The van der Waals surface area contributed by atoms with Crippen molar-refractivity contribution in [2.75, 3.05) is 6.54 Å². The summed E-state index contributed by atoms with van der Waals surface area (Å²) in [6, 6.07) is 0.931. The first kappa shape index (κ1) is 13.0. The van der Waals surface area contributed by atoms with Crippen LogP contribution in [0.2, 0.25) is 0 Å². The van der Waals surface area contributed by atoms with E-state index >= 15 is 0 Å². The molecule has 1 saturated carbocycles. The molecule has 0 aromatic heterocycles. The van der Waals surface area contributed by atoms with Gasteiger partial charge < -0.3 is 11.1 Å². The summed E-state index contributed by atoms with van der Waals surface area (Å²) in [5, 5.41) is 3.62. The van der Waals surface area contributed by atoms with Crippen LogP contribution < -0.4 is 11.1 Å². The summed E-state index contributed by atoms with van der Waals surface area (Å²) in [5.41, 5.74) is 6.91. The molecule has 0 radical (unpaired) electrons. The van der Waals surface area contributed by atoms with Crippen molar-refractivity contribution in [3.63, 3.8) is 0 Å². The van der Waals surface area contributed by atoms with Crippen LogP contribution in [-0.2, 0) is 0 Å². The van der Waals surface area contributed by atoms with Gasteiger partial charge in [0.15, 0.2) is 0 Å². The summed E-state index contributed by atoms with van der Waals surface area (Å²) >= 11 is 0. The Morgan fingerprint density at radius 3 is 1.93 bits per heavy atom. The maximum absolute atomic E-state index is 6.07. The zero-order chi connectivity index (χ0) is 11.9. The lowest BCUT2D eigenvalue weighted by Crippen LogP contribution is -2.37. The molecular weight excluding hydrogens is 184 g/mol. The van der Waals surface area contributed by atoms with Crippen LogP contribution in [0.25, 0.3) is 0 Å². The SMILES string of the molecule is CC(C)CC(N)CNC1C(C)(C)C1(C)C. The van der Waals surface area contributed by atoms with E-state index in [4.69, 9.17) is 5.73 Å². The van der Waals surface area contributed by atoms with Crippen LogP contribution >= 0.6 is 0 Å². The number of nitrogens with one attached hydrogen (secondary N) is 1. The molecule has 0 aromatic carbocycles. The highest BCUT2D eigenvalue weighted by atomic mass is 15.1. The van der Waals surface area contributed by atoms with Crippen molar-refractivity contribution in [1.82, 2.24) is 5.32 Å². The normalized spacial score (nSPS) is 25.6. The predicted molar refractivity (Wildman–Crippen MR) is 66.8 cm³/mol. The van der Waals surface area contributed by atoms with Gasteiger partial charge in [-0.05, 0) is 23.2 Å². The molecule has 1 fully saturated rings. The van der Waals surface area contributed by atoms with Crippen molar-refractivity contribution in [3.8, 4) is 0 Å². The fourth-order valence-corrected chi connectivity index (χ4v) is 2.66. The van der Waals surface area contributed by atoms with E-state index in [-0.39, 0.29) is 0 Å². The van der Waals surface area contributed by atoms with E-state index < -0.39 is 0 Å². The van der Waals surface area contributed by atoms with E-state index in [2.05, 4.69) is 46.9 Å². The minimum atomic E-state index is 0.303. The van der Waals surface area contributed by atoms with Gasteiger partial charge in [0.05, 0.1) is 0 Å². The summed E-state index contributed by atoms with van der Waals surface area (Å²) in [5.74, 6) is 0.696. The lowest BCUT2D eigenvalue weighted by atomic mass is 10.0. The molecule has 0 heterocycles. The molecule has 1 aliphatic carbocycles. The minimum absolute atomic E-state index is 0.303. The second-order valence-corrected chi connectivity index (χ2v) is 6.67. The molecule has 90 valence electrons. The molecular formula is C13H28N2. The van der Waals surface area contributed by atoms with Gasteiger partial charge in [-0.3, -0.25) is 0 Å². The largest absolute Gasteiger partial charge is 0.327 e. The molecule has 1 rings (SSSR count). The zero-order valence-electron chi connectivity index (χ0n) is 11.2. The monoisotopic (exact) mass is 212 g/mol. The van der Waals surface area contributed by atoms with Crippen molar-refractivity contribution in [1.29, 1.82) is 0 Å². The van der Waals surface area contributed by atoms with Crippen molar-refractivity contribution in [2.45, 2.75) is 60.0 Å². The minimum Gasteiger partial charge on any atom is -0.327 e. The molecule has 0 aliphatic heterocycles. The van der Waals surface area contributed by atoms with E-state index in [0.29, 0.717) is 28.8 Å². The topological polar surface area (TPSA) is 38.0 Å². The summed E-state index contributed by atoms with van der Waals surface area (Å²) < 4.78 is 0. The molecule has 0 amide bonds. The Kier molecular flexibility index (Phi) is 3.52. The first-order valence-electron chi connectivity index (χ1n) is 6.18. The molecule has 1 atom stereocenters. The highest BCUT2D eigenvalue weighted by molar-refractivity contribution is 5.17. The molecule has 0 aromatic rings. The van der Waals surface area contributed by atoms with Gasteiger partial charge in [0.25, 0.3) is 0 Å². The lowest BCUT2D eigenvalue weighted by Gasteiger charge is -2.15. The van der Waals surface area contributed by atoms with Crippen LogP contribution in [0.1, 0.15) is 48.0 Å². The summed E-state index contributed by atoms with van der Waals surface area (Å²) in [6.45, 7) is 14.7. The summed E-state index contributed by atoms with van der Waals surface area (Å²) in [6.07, 6.45) is 1.11. The quantitative estimate of drug-likeness (QED) is 0.734. The zero-order valence-corrected chi connectivity index (χ0v) is 11.2. The van der Waals surface area contributed by atoms with Crippen LogP contribution in [0.4, 0.5) is 0 Å². The Bertz CT molecular complexity index is 205. The second-order valence-electron chi connectivity index (χ2n) is 6.67. The maximum Gasteiger partial charge on any atom is 0.0181 e. The van der Waals surface area contributed by atoms with Gasteiger partial charge in [0.1, 0.15) is 0 Å². The molecule has 2 heteroatoms. The fraction of sp³-hybridized carbons (Fsp3) is 1.00. The standard InChI is InChI=1S/C13H28N2/c1-9(2)7-10(14)8-15-11-12(3,4)13(11,5)6/h9-11,15H,7-8,14H2,1-6H3. The van der Waals surface area contributed by atoms with Crippen LogP contribution in [-0.4, -0.2) is 18.6 Å². The van der Waals surface area contributed by atoms with Crippen LogP contribution in [0.5, 0.6) is 0 Å². The van der Waals surface area contributed by atoms with Gasteiger partial charge in [0, 0.05) is 18.6 Å². The Morgan fingerprint density at radius 2 is 1.60 bits per heavy atom. The first-order valence-corrected chi connectivity index (χ1v) is 6.18. The van der Waals surface area contributed by atoms with E-state index in [0.717, 1.165) is 13.0 Å². The smallest absolute Gasteiger partial charge is 0.0181 e. The molecule has 0 saturated heterocycles.